The van der Waals surface area contributed by atoms with E-state index in [1.54, 1.807) is 0 Å². The molecule has 1 aliphatic carbocycles. The summed E-state index contributed by atoms with van der Waals surface area (Å²) >= 11 is 6.01. The SMILES string of the molecule is O=C(NC(O)C1CCCCCC1)c1cc(-n2c(=O)cn[nH]c2=O)cnc1Cl. The highest BCUT2D eigenvalue weighted by atomic mass is 35.5. The molecule has 0 aromatic carbocycles. The Bertz CT molecular complexity index is 905. The molecule has 0 aliphatic heterocycles. The number of aromatic nitrogens is 4. The minimum Gasteiger partial charge on any atom is -0.373 e. The maximum atomic E-state index is 12.6. The minimum absolute atomic E-state index is 0.0166. The zero-order valence-electron chi connectivity index (χ0n) is 14.5. The van der Waals surface area contributed by atoms with Crippen molar-refractivity contribution < 1.29 is 9.90 Å². The summed E-state index contributed by atoms with van der Waals surface area (Å²) in [6.45, 7) is 0. The summed E-state index contributed by atoms with van der Waals surface area (Å²) in [6.07, 6.45) is 7.12. The van der Waals surface area contributed by atoms with Gasteiger partial charge in [-0.25, -0.2) is 19.4 Å². The fraction of sp³-hybridized carbons (Fsp3) is 0.471. The molecular formula is C17H20ClN5O4. The van der Waals surface area contributed by atoms with Gasteiger partial charge in [-0.3, -0.25) is 9.59 Å². The van der Waals surface area contributed by atoms with Crippen molar-refractivity contribution in [3.05, 3.63) is 50.0 Å². The Hall–Kier alpha value is -2.52. The molecule has 27 heavy (non-hydrogen) atoms. The second kappa shape index (κ2) is 8.45. The molecule has 2 aromatic heterocycles. The summed E-state index contributed by atoms with van der Waals surface area (Å²) in [5, 5.41) is 18.4. The third-order valence-corrected chi connectivity index (χ3v) is 5.01. The molecule has 1 unspecified atom stereocenters. The maximum Gasteiger partial charge on any atom is 0.349 e. The van der Waals surface area contributed by atoms with Crippen molar-refractivity contribution in [3.8, 4) is 5.69 Å². The van der Waals surface area contributed by atoms with Crippen molar-refractivity contribution >= 4 is 17.5 Å². The number of carbonyl (C=O) groups is 1. The predicted octanol–water partition coefficient (Wildman–Crippen LogP) is 0.988. The van der Waals surface area contributed by atoms with Crippen molar-refractivity contribution in [1.82, 2.24) is 25.1 Å². The van der Waals surface area contributed by atoms with E-state index in [9.17, 15) is 19.5 Å². The van der Waals surface area contributed by atoms with Crippen LogP contribution in [-0.2, 0) is 0 Å². The normalized spacial score (nSPS) is 16.5. The van der Waals surface area contributed by atoms with E-state index in [1.165, 1.54) is 12.3 Å². The third-order valence-electron chi connectivity index (χ3n) is 4.71. The molecule has 0 saturated heterocycles. The van der Waals surface area contributed by atoms with Crippen LogP contribution in [0.5, 0.6) is 0 Å². The van der Waals surface area contributed by atoms with Gasteiger partial charge in [-0.15, -0.1) is 0 Å². The second-order valence-electron chi connectivity index (χ2n) is 6.55. The standard InChI is InChI=1S/C17H20ClN5O4/c18-14-12(16(26)21-15(25)10-5-3-1-2-4-6-10)7-11(8-19-14)23-13(24)9-20-22-17(23)27/h7-10,15,25H,1-6H2,(H,21,26)(H,22,27). The Kier molecular flexibility index (Phi) is 6.02. The van der Waals surface area contributed by atoms with Gasteiger partial charge in [0.05, 0.1) is 17.4 Å². The van der Waals surface area contributed by atoms with Crippen LogP contribution in [0.4, 0.5) is 0 Å². The molecule has 2 heterocycles. The van der Waals surface area contributed by atoms with E-state index in [-0.39, 0.29) is 22.3 Å². The van der Waals surface area contributed by atoms with Gasteiger partial charge >= 0.3 is 5.69 Å². The zero-order valence-corrected chi connectivity index (χ0v) is 15.3. The number of amides is 1. The van der Waals surface area contributed by atoms with Crippen LogP contribution in [0.1, 0.15) is 48.9 Å². The number of nitrogens with zero attached hydrogens (tertiary/aromatic N) is 3. The largest absolute Gasteiger partial charge is 0.373 e. The van der Waals surface area contributed by atoms with Crippen LogP contribution in [0.15, 0.2) is 28.0 Å². The van der Waals surface area contributed by atoms with Crippen LogP contribution < -0.4 is 16.6 Å². The van der Waals surface area contributed by atoms with Gasteiger partial charge in [0.2, 0.25) is 0 Å². The molecule has 1 atom stereocenters. The summed E-state index contributed by atoms with van der Waals surface area (Å²) in [4.78, 5) is 40.2. The number of carbonyl (C=O) groups excluding carboxylic acids is 1. The van der Waals surface area contributed by atoms with Crippen LogP contribution in [0.3, 0.4) is 0 Å². The number of hydrogen-bond acceptors (Lipinski definition) is 6. The average molecular weight is 394 g/mol. The number of H-pyrrole nitrogens is 1. The maximum absolute atomic E-state index is 12.6. The van der Waals surface area contributed by atoms with E-state index in [2.05, 4.69) is 20.5 Å². The molecular weight excluding hydrogens is 374 g/mol. The molecule has 1 aliphatic rings. The van der Waals surface area contributed by atoms with Crippen molar-refractivity contribution in [3.63, 3.8) is 0 Å². The number of aliphatic hydroxyl groups is 1. The highest BCUT2D eigenvalue weighted by Gasteiger charge is 2.24. The fourth-order valence-electron chi connectivity index (χ4n) is 3.27. The number of aliphatic hydroxyl groups excluding tert-OH is 1. The number of pyridine rings is 1. The molecule has 0 bridgehead atoms. The van der Waals surface area contributed by atoms with Crippen molar-refractivity contribution in [2.75, 3.05) is 0 Å². The van der Waals surface area contributed by atoms with Gasteiger partial charge in [0, 0.05) is 5.92 Å². The predicted molar refractivity (Wildman–Crippen MR) is 97.9 cm³/mol. The fourth-order valence-corrected chi connectivity index (χ4v) is 3.46. The first-order valence-electron chi connectivity index (χ1n) is 8.79. The Morgan fingerprint density at radius 2 is 1.96 bits per heavy atom. The van der Waals surface area contributed by atoms with Crippen molar-refractivity contribution in [1.29, 1.82) is 0 Å². The van der Waals surface area contributed by atoms with Crippen LogP contribution in [0.25, 0.3) is 5.69 Å². The molecule has 3 rings (SSSR count). The zero-order chi connectivity index (χ0) is 19.4. The molecule has 9 nitrogen and oxygen atoms in total. The highest BCUT2D eigenvalue weighted by molar-refractivity contribution is 6.32. The summed E-state index contributed by atoms with van der Waals surface area (Å²) in [5.41, 5.74) is -1.41. The lowest BCUT2D eigenvalue weighted by Gasteiger charge is -2.22. The molecule has 3 N–H and O–H groups in total. The smallest absolute Gasteiger partial charge is 0.349 e. The molecule has 0 radical (unpaired) electrons. The Balaban J connectivity index is 1.84. The summed E-state index contributed by atoms with van der Waals surface area (Å²) in [6, 6.07) is 1.28. The number of nitrogens with one attached hydrogen (secondary N) is 2. The third kappa shape index (κ3) is 4.42. The Morgan fingerprint density at radius 1 is 1.26 bits per heavy atom. The quantitative estimate of drug-likeness (QED) is 0.403. The van der Waals surface area contributed by atoms with E-state index in [0.29, 0.717) is 0 Å². The van der Waals surface area contributed by atoms with Gasteiger partial charge in [0.25, 0.3) is 11.5 Å². The average Bonchev–Trinajstić information content (AvgIpc) is 2.92. The Morgan fingerprint density at radius 3 is 2.63 bits per heavy atom. The molecule has 1 fully saturated rings. The van der Waals surface area contributed by atoms with Crippen molar-refractivity contribution in [2.45, 2.75) is 44.8 Å². The monoisotopic (exact) mass is 393 g/mol. The molecule has 0 spiro atoms. The summed E-state index contributed by atoms with van der Waals surface area (Å²) in [7, 11) is 0. The highest BCUT2D eigenvalue weighted by Crippen LogP contribution is 2.25. The number of aromatic amines is 1. The lowest BCUT2D eigenvalue weighted by molar-refractivity contribution is 0.0531. The first-order valence-corrected chi connectivity index (χ1v) is 9.17. The van der Waals surface area contributed by atoms with Gasteiger partial charge in [0.1, 0.15) is 17.6 Å². The molecule has 1 amide bonds. The molecule has 1 saturated carbocycles. The van der Waals surface area contributed by atoms with E-state index in [4.69, 9.17) is 11.6 Å². The van der Waals surface area contributed by atoms with Gasteiger partial charge in [-0.05, 0) is 18.9 Å². The van der Waals surface area contributed by atoms with E-state index in [1.807, 2.05) is 0 Å². The van der Waals surface area contributed by atoms with Gasteiger partial charge in [0.15, 0.2) is 0 Å². The number of hydrogen-bond donors (Lipinski definition) is 3. The Labute approximate surface area is 159 Å². The van der Waals surface area contributed by atoms with Gasteiger partial charge in [-0.1, -0.05) is 37.3 Å². The van der Waals surface area contributed by atoms with Crippen molar-refractivity contribution in [2.24, 2.45) is 5.92 Å². The number of halogens is 1. The van der Waals surface area contributed by atoms with E-state index in [0.717, 1.165) is 49.3 Å². The van der Waals surface area contributed by atoms with Crippen LogP contribution >= 0.6 is 11.6 Å². The van der Waals surface area contributed by atoms with Gasteiger partial charge in [-0.2, -0.15) is 5.10 Å². The first kappa shape index (κ1) is 19.2. The van der Waals surface area contributed by atoms with E-state index < -0.39 is 23.4 Å². The van der Waals surface area contributed by atoms with E-state index >= 15 is 0 Å². The van der Waals surface area contributed by atoms with Crippen LogP contribution in [0.2, 0.25) is 5.15 Å². The topological polar surface area (TPSA) is 130 Å². The van der Waals surface area contributed by atoms with Crippen LogP contribution in [-0.4, -0.2) is 37.0 Å². The molecule has 10 heteroatoms. The number of rotatable bonds is 4. The van der Waals surface area contributed by atoms with Gasteiger partial charge < -0.3 is 10.4 Å². The molecule has 2 aromatic rings. The second-order valence-corrected chi connectivity index (χ2v) is 6.91. The lowest BCUT2D eigenvalue weighted by Crippen LogP contribution is -2.40. The summed E-state index contributed by atoms with van der Waals surface area (Å²) in [5.74, 6) is -0.637. The molecule has 144 valence electrons. The van der Waals surface area contributed by atoms with Crippen LogP contribution in [0, 0.1) is 5.92 Å². The summed E-state index contributed by atoms with van der Waals surface area (Å²) < 4.78 is 0.787. The first-order chi connectivity index (χ1) is 13.0. The lowest BCUT2D eigenvalue weighted by atomic mass is 9.98. The minimum atomic E-state index is -0.998.